The maximum Gasteiger partial charge on any atom is 0.338 e. The Kier molecular flexibility index (Phi) is 8.47. The molecule has 1 aliphatic rings. The number of aromatic nitrogens is 1. The zero-order valence-corrected chi connectivity index (χ0v) is 24.6. The van der Waals surface area contributed by atoms with Gasteiger partial charge >= 0.3 is 5.97 Å². The number of benzene rings is 3. The summed E-state index contributed by atoms with van der Waals surface area (Å²) in [6.07, 6.45) is 1.76. The molecule has 3 aromatic carbocycles. The molecular weight excluding hydrogens is 591 g/mol. The number of esters is 1. The van der Waals surface area contributed by atoms with Gasteiger partial charge in [0.25, 0.3) is 5.56 Å². The van der Waals surface area contributed by atoms with Crippen molar-refractivity contribution in [3.05, 3.63) is 129 Å². The van der Waals surface area contributed by atoms with E-state index in [1.54, 1.807) is 50.3 Å². The van der Waals surface area contributed by atoms with Gasteiger partial charge in [-0.15, -0.1) is 0 Å². The van der Waals surface area contributed by atoms with Gasteiger partial charge in [-0.3, -0.25) is 9.36 Å². The van der Waals surface area contributed by atoms with Gasteiger partial charge in [0.05, 0.1) is 22.4 Å². The van der Waals surface area contributed by atoms with Crippen LogP contribution in [0.15, 0.2) is 87.8 Å². The molecule has 0 radical (unpaired) electrons. The standard InChI is InChI=1S/C30H23Cl3N2O4S/c1-3-38-29(37)26-17(2)34-30-35(27(26)21-9-5-6-10-22(21)32)28(36)25(40-30)14-18-8-4-7-11-24(18)39-16-19-12-13-20(31)15-23(19)33/h4-15,27H,3,16H2,1-2H3/t27-/m1/s1. The van der Waals surface area contributed by atoms with E-state index in [9.17, 15) is 9.59 Å². The highest BCUT2D eigenvalue weighted by atomic mass is 35.5. The Morgan fingerprint density at radius 2 is 1.80 bits per heavy atom. The summed E-state index contributed by atoms with van der Waals surface area (Å²) in [6, 6.07) is 19.0. The van der Waals surface area contributed by atoms with Crippen LogP contribution in [0.1, 0.15) is 36.6 Å². The van der Waals surface area contributed by atoms with Gasteiger partial charge in [0.15, 0.2) is 4.80 Å². The number of carbonyl (C=O) groups is 1. The number of thiazole rings is 1. The molecule has 0 N–H and O–H groups in total. The van der Waals surface area contributed by atoms with Crippen LogP contribution in [0, 0.1) is 0 Å². The molecule has 6 nitrogen and oxygen atoms in total. The van der Waals surface area contributed by atoms with Crippen LogP contribution >= 0.6 is 46.1 Å². The largest absolute Gasteiger partial charge is 0.488 e. The van der Waals surface area contributed by atoms with Gasteiger partial charge in [-0.1, -0.05) is 88.6 Å². The summed E-state index contributed by atoms with van der Waals surface area (Å²) in [7, 11) is 0. The minimum Gasteiger partial charge on any atom is -0.488 e. The van der Waals surface area contributed by atoms with Crippen molar-refractivity contribution in [3.63, 3.8) is 0 Å². The molecule has 40 heavy (non-hydrogen) atoms. The van der Waals surface area contributed by atoms with E-state index < -0.39 is 12.0 Å². The lowest BCUT2D eigenvalue weighted by Gasteiger charge is -2.25. The van der Waals surface area contributed by atoms with Crippen LogP contribution in [-0.4, -0.2) is 17.1 Å². The first kappa shape index (κ1) is 28.2. The van der Waals surface area contributed by atoms with E-state index in [1.165, 1.54) is 15.9 Å². The van der Waals surface area contributed by atoms with Crippen LogP contribution < -0.4 is 19.6 Å². The van der Waals surface area contributed by atoms with Crippen molar-refractivity contribution in [2.24, 2.45) is 4.99 Å². The molecule has 1 aliphatic heterocycles. The van der Waals surface area contributed by atoms with Crippen LogP contribution in [0.2, 0.25) is 15.1 Å². The minimum absolute atomic E-state index is 0.188. The lowest BCUT2D eigenvalue weighted by molar-refractivity contribution is -0.139. The second kappa shape index (κ2) is 12.0. The SMILES string of the molecule is CCOC(=O)C1=C(C)N=c2sc(=Cc3ccccc3OCc3ccc(Cl)cc3Cl)c(=O)n2[C@@H]1c1ccccc1Cl. The molecule has 204 valence electrons. The van der Waals surface area contributed by atoms with Crippen LogP contribution in [0.5, 0.6) is 5.75 Å². The molecule has 4 aromatic rings. The predicted molar refractivity (Wildman–Crippen MR) is 159 cm³/mol. The number of hydrogen-bond acceptors (Lipinski definition) is 6. The minimum atomic E-state index is -0.787. The van der Waals surface area contributed by atoms with Crippen molar-refractivity contribution in [1.82, 2.24) is 4.57 Å². The first-order chi connectivity index (χ1) is 19.3. The summed E-state index contributed by atoms with van der Waals surface area (Å²) in [4.78, 5) is 32.0. The average molecular weight is 614 g/mol. The number of hydrogen-bond donors (Lipinski definition) is 0. The summed E-state index contributed by atoms with van der Waals surface area (Å²) in [5, 5.41) is 1.48. The van der Waals surface area contributed by atoms with E-state index in [1.807, 2.05) is 36.4 Å². The molecule has 0 fully saturated rings. The van der Waals surface area contributed by atoms with Gasteiger partial charge in [0, 0.05) is 26.2 Å². The Labute approximate surface area is 249 Å². The topological polar surface area (TPSA) is 69.9 Å². The van der Waals surface area contributed by atoms with Crippen molar-refractivity contribution in [2.75, 3.05) is 6.61 Å². The molecular formula is C30H23Cl3N2O4S. The number of ether oxygens (including phenoxy) is 2. The van der Waals surface area contributed by atoms with E-state index in [0.717, 1.165) is 5.56 Å². The van der Waals surface area contributed by atoms with Crippen molar-refractivity contribution < 1.29 is 14.3 Å². The van der Waals surface area contributed by atoms with E-state index >= 15 is 0 Å². The first-order valence-electron chi connectivity index (χ1n) is 12.4. The van der Waals surface area contributed by atoms with Gasteiger partial charge in [0.2, 0.25) is 0 Å². The summed E-state index contributed by atoms with van der Waals surface area (Å²) in [5.74, 6) is 0.0351. The van der Waals surface area contributed by atoms with Crippen molar-refractivity contribution in [2.45, 2.75) is 26.5 Å². The molecule has 0 saturated heterocycles. The van der Waals surface area contributed by atoms with Gasteiger partial charge in [-0.2, -0.15) is 0 Å². The van der Waals surface area contributed by atoms with E-state index in [-0.39, 0.29) is 24.3 Å². The molecule has 5 rings (SSSR count). The summed E-state index contributed by atoms with van der Waals surface area (Å²) >= 11 is 20.1. The molecule has 0 aliphatic carbocycles. The van der Waals surface area contributed by atoms with Gasteiger partial charge < -0.3 is 9.47 Å². The molecule has 0 spiro atoms. The normalized spacial score (nSPS) is 15.0. The van der Waals surface area contributed by atoms with Crippen LogP contribution in [0.4, 0.5) is 0 Å². The quantitative estimate of drug-likeness (QED) is 0.228. The smallest absolute Gasteiger partial charge is 0.338 e. The maximum atomic E-state index is 13.9. The number of carbonyl (C=O) groups excluding carboxylic acids is 1. The summed E-state index contributed by atoms with van der Waals surface area (Å²) in [6.45, 7) is 3.87. The van der Waals surface area contributed by atoms with Crippen LogP contribution in [-0.2, 0) is 16.1 Å². The molecule has 10 heteroatoms. The fourth-order valence-corrected chi connectivity index (χ4v) is 6.19. The maximum absolute atomic E-state index is 13.9. The monoisotopic (exact) mass is 612 g/mol. The number of rotatable bonds is 7. The predicted octanol–water partition coefficient (Wildman–Crippen LogP) is 6.34. The van der Waals surface area contributed by atoms with Gasteiger partial charge in [0.1, 0.15) is 18.4 Å². The van der Waals surface area contributed by atoms with E-state index in [2.05, 4.69) is 4.99 Å². The van der Waals surface area contributed by atoms with E-state index in [4.69, 9.17) is 44.3 Å². The average Bonchev–Trinajstić information content (AvgIpc) is 3.22. The molecule has 2 heterocycles. The fourth-order valence-electron chi connectivity index (χ4n) is 4.45. The zero-order valence-electron chi connectivity index (χ0n) is 21.5. The third-order valence-corrected chi connectivity index (χ3v) is 8.23. The fraction of sp³-hybridized carbons (Fsp3) is 0.167. The van der Waals surface area contributed by atoms with E-state index in [0.29, 0.717) is 47.0 Å². The first-order valence-corrected chi connectivity index (χ1v) is 14.3. The highest BCUT2D eigenvalue weighted by Gasteiger charge is 2.34. The van der Waals surface area contributed by atoms with Gasteiger partial charge in [-0.05, 0) is 49.8 Å². The van der Waals surface area contributed by atoms with Crippen molar-refractivity contribution >= 4 is 58.2 Å². The van der Waals surface area contributed by atoms with Crippen LogP contribution in [0.3, 0.4) is 0 Å². The third-order valence-electron chi connectivity index (χ3n) is 6.32. The molecule has 0 saturated carbocycles. The molecule has 0 amide bonds. The molecule has 1 atom stereocenters. The Morgan fingerprint density at radius 3 is 2.55 bits per heavy atom. The Morgan fingerprint density at radius 1 is 1.05 bits per heavy atom. The van der Waals surface area contributed by atoms with Crippen LogP contribution in [0.25, 0.3) is 6.08 Å². The highest BCUT2D eigenvalue weighted by Crippen LogP contribution is 2.34. The second-order valence-electron chi connectivity index (χ2n) is 8.89. The summed E-state index contributed by atoms with van der Waals surface area (Å²) in [5.41, 5.74) is 2.53. The molecule has 0 bridgehead atoms. The number of nitrogens with zero attached hydrogens (tertiary/aromatic N) is 2. The zero-order chi connectivity index (χ0) is 28.4. The second-order valence-corrected chi connectivity index (χ2v) is 11.1. The molecule has 1 aromatic heterocycles. The lowest BCUT2D eigenvalue weighted by atomic mass is 9.96. The van der Waals surface area contributed by atoms with Crippen molar-refractivity contribution in [3.8, 4) is 5.75 Å². The Hall–Kier alpha value is -3.36. The number of allylic oxidation sites excluding steroid dienone is 1. The number of halogens is 3. The molecule has 0 unspecified atom stereocenters. The Balaban J connectivity index is 1.60. The van der Waals surface area contributed by atoms with Gasteiger partial charge in [-0.25, -0.2) is 9.79 Å². The third kappa shape index (κ3) is 5.60. The highest BCUT2D eigenvalue weighted by molar-refractivity contribution is 7.07. The number of para-hydroxylation sites is 1. The van der Waals surface area contributed by atoms with Crippen molar-refractivity contribution in [1.29, 1.82) is 0 Å². The number of fused-ring (bicyclic) bond motifs is 1. The Bertz CT molecular complexity index is 1830. The lowest BCUT2D eigenvalue weighted by Crippen LogP contribution is -2.40. The summed E-state index contributed by atoms with van der Waals surface area (Å²) < 4.78 is 13.4.